The fourth-order valence-corrected chi connectivity index (χ4v) is 3.38. The summed E-state index contributed by atoms with van der Waals surface area (Å²) in [7, 11) is 0. The summed E-state index contributed by atoms with van der Waals surface area (Å²) >= 11 is 0. The minimum absolute atomic E-state index is 0.0400. The van der Waals surface area contributed by atoms with Gasteiger partial charge in [0, 0.05) is 43.0 Å². The number of aliphatic hydroxyl groups is 1. The lowest BCUT2D eigenvalue weighted by molar-refractivity contribution is -0.119. The van der Waals surface area contributed by atoms with Crippen molar-refractivity contribution in [1.82, 2.24) is 10.3 Å². The van der Waals surface area contributed by atoms with Crippen LogP contribution in [0.3, 0.4) is 0 Å². The number of carbonyl (C=O) groups excluding carboxylic acids is 2. The monoisotopic (exact) mass is 387 g/mol. The molecule has 0 saturated carbocycles. The van der Waals surface area contributed by atoms with Crippen molar-refractivity contribution < 1.29 is 24.2 Å². The Morgan fingerprint density at radius 1 is 1.43 bits per heavy atom. The minimum Gasteiger partial charge on any atom is -0.490 e. The Labute approximate surface area is 163 Å². The van der Waals surface area contributed by atoms with Crippen LogP contribution in [0.5, 0.6) is 11.6 Å². The van der Waals surface area contributed by atoms with Crippen LogP contribution >= 0.6 is 0 Å². The van der Waals surface area contributed by atoms with Crippen molar-refractivity contribution in [2.24, 2.45) is 11.7 Å². The summed E-state index contributed by atoms with van der Waals surface area (Å²) in [4.78, 5) is 27.6. The van der Waals surface area contributed by atoms with Crippen molar-refractivity contribution in [1.29, 1.82) is 0 Å². The van der Waals surface area contributed by atoms with E-state index in [1.54, 1.807) is 24.4 Å². The van der Waals surface area contributed by atoms with E-state index in [9.17, 15) is 14.7 Å². The molecule has 2 amide bonds. The second kappa shape index (κ2) is 8.43. The third-order valence-electron chi connectivity index (χ3n) is 4.72. The van der Waals surface area contributed by atoms with Crippen LogP contribution in [0.4, 0.5) is 0 Å². The number of hydrogen-bond donors (Lipinski definition) is 3. The van der Waals surface area contributed by atoms with E-state index in [1.807, 2.05) is 13.8 Å². The molecule has 1 aliphatic heterocycles. The van der Waals surface area contributed by atoms with Gasteiger partial charge in [-0.2, -0.15) is 0 Å². The topological polar surface area (TPSA) is 124 Å². The molecule has 1 fully saturated rings. The molecule has 8 nitrogen and oxygen atoms in total. The van der Waals surface area contributed by atoms with Gasteiger partial charge in [0.05, 0.1) is 18.3 Å². The molecule has 1 aliphatic rings. The number of benzene rings is 1. The zero-order chi connectivity index (χ0) is 20.3. The molecule has 2 atom stereocenters. The van der Waals surface area contributed by atoms with Crippen molar-refractivity contribution in [2.75, 3.05) is 13.2 Å². The fourth-order valence-electron chi connectivity index (χ4n) is 3.38. The van der Waals surface area contributed by atoms with Gasteiger partial charge in [-0.25, -0.2) is 4.98 Å². The number of fused-ring (bicyclic) bond motifs is 1. The van der Waals surface area contributed by atoms with Gasteiger partial charge in [-0.15, -0.1) is 0 Å². The largest absolute Gasteiger partial charge is 0.490 e. The molecule has 3 rings (SSSR count). The number of rotatable bonds is 8. The van der Waals surface area contributed by atoms with E-state index >= 15 is 0 Å². The Morgan fingerprint density at radius 2 is 2.21 bits per heavy atom. The number of aliphatic hydroxyl groups excluding tert-OH is 1. The zero-order valence-corrected chi connectivity index (χ0v) is 16.0. The van der Waals surface area contributed by atoms with Crippen LogP contribution in [0.2, 0.25) is 0 Å². The molecule has 0 aliphatic carbocycles. The summed E-state index contributed by atoms with van der Waals surface area (Å²) in [5.74, 6) is 0.0784. The first-order valence-electron chi connectivity index (χ1n) is 9.31. The van der Waals surface area contributed by atoms with Crippen LogP contribution in [-0.2, 0) is 4.79 Å². The summed E-state index contributed by atoms with van der Waals surface area (Å²) < 4.78 is 11.6. The van der Waals surface area contributed by atoms with Crippen LogP contribution < -0.4 is 20.5 Å². The molecule has 0 spiro atoms. The summed E-state index contributed by atoms with van der Waals surface area (Å²) in [6, 6.07) is 5.04. The summed E-state index contributed by atoms with van der Waals surface area (Å²) in [6.07, 6.45) is 2.36. The van der Waals surface area contributed by atoms with Gasteiger partial charge in [0.25, 0.3) is 5.91 Å². The van der Waals surface area contributed by atoms with Gasteiger partial charge >= 0.3 is 0 Å². The molecule has 28 heavy (non-hydrogen) atoms. The molecule has 2 aromatic rings. The molecule has 1 aromatic heterocycles. The molecule has 150 valence electrons. The number of pyridine rings is 1. The minimum atomic E-state index is -0.566. The lowest BCUT2D eigenvalue weighted by Gasteiger charge is -2.18. The number of nitrogens with zero attached hydrogens (tertiary/aromatic N) is 1. The van der Waals surface area contributed by atoms with Crippen LogP contribution in [-0.4, -0.2) is 47.3 Å². The number of nitrogens with two attached hydrogens (primary N) is 1. The molecule has 0 radical (unpaired) electrons. The number of hydrogen-bond acceptors (Lipinski definition) is 6. The van der Waals surface area contributed by atoms with E-state index in [2.05, 4.69) is 10.3 Å². The SMILES string of the molecule is CC(C)Oc1cc2c(OCC[C@H]3NC(=O)C[C@@H]3CO)nccc2cc1C(N)=O. The summed E-state index contributed by atoms with van der Waals surface area (Å²) in [5.41, 5.74) is 5.79. The number of ether oxygens (including phenoxy) is 2. The maximum Gasteiger partial charge on any atom is 0.252 e. The first kappa shape index (κ1) is 19.9. The first-order valence-corrected chi connectivity index (χ1v) is 9.31. The molecule has 1 saturated heterocycles. The molecule has 2 heterocycles. The van der Waals surface area contributed by atoms with E-state index in [4.69, 9.17) is 15.2 Å². The number of carbonyl (C=O) groups is 2. The number of primary amides is 1. The first-order chi connectivity index (χ1) is 13.4. The van der Waals surface area contributed by atoms with Crippen molar-refractivity contribution in [3.05, 3.63) is 30.0 Å². The van der Waals surface area contributed by atoms with Gasteiger partial charge in [-0.3, -0.25) is 9.59 Å². The standard InChI is InChI=1S/C20H25N3O5/c1-11(2)28-17-9-14-12(7-15(17)19(21)26)3-5-22-20(14)27-6-4-16-13(10-24)8-18(25)23-16/h3,5,7,9,11,13,16,24H,4,6,8,10H2,1-2H3,(H2,21,26)(H,23,25)/t13-,16-/m1/s1. The van der Waals surface area contributed by atoms with E-state index in [1.165, 1.54) is 0 Å². The Bertz CT molecular complexity index is 884. The van der Waals surface area contributed by atoms with Crippen molar-refractivity contribution in [3.63, 3.8) is 0 Å². The van der Waals surface area contributed by atoms with Gasteiger partial charge in [-0.05, 0) is 37.4 Å². The normalized spacial score (nSPS) is 19.1. The van der Waals surface area contributed by atoms with Crippen molar-refractivity contribution >= 4 is 22.6 Å². The zero-order valence-electron chi connectivity index (χ0n) is 16.0. The highest BCUT2D eigenvalue weighted by Gasteiger charge is 2.31. The second-order valence-electron chi connectivity index (χ2n) is 7.17. The second-order valence-corrected chi connectivity index (χ2v) is 7.17. The van der Waals surface area contributed by atoms with Crippen molar-refractivity contribution in [3.8, 4) is 11.6 Å². The van der Waals surface area contributed by atoms with E-state index in [0.29, 0.717) is 42.0 Å². The lowest BCUT2D eigenvalue weighted by Crippen LogP contribution is -2.32. The third kappa shape index (κ3) is 4.33. The highest BCUT2D eigenvalue weighted by Crippen LogP contribution is 2.31. The smallest absolute Gasteiger partial charge is 0.252 e. The maximum atomic E-state index is 11.8. The average molecular weight is 387 g/mol. The van der Waals surface area contributed by atoms with E-state index in [0.717, 1.165) is 5.39 Å². The summed E-state index contributed by atoms with van der Waals surface area (Å²) in [5, 5.41) is 13.7. The molecule has 1 aromatic carbocycles. The van der Waals surface area contributed by atoms with E-state index in [-0.39, 0.29) is 30.6 Å². The molecule has 4 N–H and O–H groups in total. The highest BCUT2D eigenvalue weighted by atomic mass is 16.5. The van der Waals surface area contributed by atoms with Gasteiger partial charge in [0.1, 0.15) is 5.75 Å². The van der Waals surface area contributed by atoms with Crippen LogP contribution in [0.15, 0.2) is 24.4 Å². The Balaban J connectivity index is 1.81. The quantitative estimate of drug-likeness (QED) is 0.629. The Hall–Kier alpha value is -2.87. The van der Waals surface area contributed by atoms with E-state index < -0.39 is 5.91 Å². The maximum absolute atomic E-state index is 11.8. The molecule has 0 unspecified atom stereocenters. The van der Waals surface area contributed by atoms with Gasteiger partial charge in [0.2, 0.25) is 11.8 Å². The average Bonchev–Trinajstić information content (AvgIpc) is 3.00. The third-order valence-corrected chi connectivity index (χ3v) is 4.72. The fraction of sp³-hybridized carbons (Fsp3) is 0.450. The van der Waals surface area contributed by atoms with Gasteiger partial charge in [0.15, 0.2) is 0 Å². The Kier molecular flexibility index (Phi) is 5.99. The van der Waals surface area contributed by atoms with Crippen LogP contribution in [0.25, 0.3) is 10.8 Å². The molecule has 0 bridgehead atoms. The molecule has 8 heteroatoms. The predicted octanol–water partition coefficient (Wildman–Crippen LogP) is 1.39. The summed E-state index contributed by atoms with van der Waals surface area (Å²) in [6.45, 7) is 4.01. The van der Waals surface area contributed by atoms with Crippen molar-refractivity contribution in [2.45, 2.75) is 38.8 Å². The highest BCUT2D eigenvalue weighted by molar-refractivity contribution is 6.01. The van der Waals surface area contributed by atoms with Gasteiger partial charge < -0.3 is 25.6 Å². The number of aromatic nitrogens is 1. The number of nitrogens with one attached hydrogen (secondary N) is 1. The molecular formula is C20H25N3O5. The van der Waals surface area contributed by atoms with Crippen LogP contribution in [0.1, 0.15) is 37.0 Å². The molecular weight excluding hydrogens is 362 g/mol. The lowest BCUT2D eigenvalue weighted by atomic mass is 9.99. The Morgan fingerprint density at radius 3 is 2.89 bits per heavy atom. The van der Waals surface area contributed by atoms with Crippen LogP contribution in [0, 0.1) is 5.92 Å². The predicted molar refractivity (Wildman–Crippen MR) is 103 cm³/mol. The van der Waals surface area contributed by atoms with Gasteiger partial charge in [-0.1, -0.05) is 0 Å². The number of amides is 2.